The summed E-state index contributed by atoms with van der Waals surface area (Å²) in [6.45, 7) is 6.59. The van der Waals surface area contributed by atoms with Crippen molar-refractivity contribution in [2.24, 2.45) is 0 Å². The molecule has 190 valence electrons. The Morgan fingerprint density at radius 2 is 1.81 bits per heavy atom. The Morgan fingerprint density at radius 1 is 1.06 bits per heavy atom. The lowest BCUT2D eigenvalue weighted by Gasteiger charge is -2.24. The minimum absolute atomic E-state index is 0.0366. The van der Waals surface area contributed by atoms with E-state index in [0.29, 0.717) is 47.0 Å². The standard InChI is InChI=1S/C27H32N4O5/c1-16(2)31-25-21(15-28-31)20(27(33)36-17(3)26(32)29-19-7-5-4-6-8-19)14-22(30-25)18-9-10-23-24(13-18)35-12-11-34-23/h9-10,13-17,19H,4-8,11-12H2,1-3H3,(H,29,32). The van der Waals surface area contributed by atoms with Crippen LogP contribution in [0.25, 0.3) is 22.3 Å². The van der Waals surface area contributed by atoms with Crippen molar-refractivity contribution in [1.29, 1.82) is 0 Å². The number of nitrogens with one attached hydrogen (secondary N) is 1. The molecule has 1 aliphatic heterocycles. The first kappa shape index (κ1) is 24.1. The normalized spacial score (nSPS) is 16.7. The highest BCUT2D eigenvalue weighted by Crippen LogP contribution is 2.35. The molecule has 1 aromatic carbocycles. The van der Waals surface area contributed by atoms with Crippen molar-refractivity contribution in [2.75, 3.05) is 13.2 Å². The Morgan fingerprint density at radius 3 is 2.56 bits per heavy atom. The number of amides is 1. The van der Waals surface area contributed by atoms with Gasteiger partial charge < -0.3 is 19.5 Å². The van der Waals surface area contributed by atoms with Crippen LogP contribution in [0.2, 0.25) is 0 Å². The summed E-state index contributed by atoms with van der Waals surface area (Å²) < 4.78 is 18.8. The Hall–Kier alpha value is -3.62. The van der Waals surface area contributed by atoms with Crippen LogP contribution < -0.4 is 14.8 Å². The maximum absolute atomic E-state index is 13.3. The second kappa shape index (κ2) is 10.2. The van der Waals surface area contributed by atoms with Crippen molar-refractivity contribution >= 4 is 22.9 Å². The van der Waals surface area contributed by atoms with E-state index in [9.17, 15) is 9.59 Å². The third-order valence-electron chi connectivity index (χ3n) is 6.72. The summed E-state index contributed by atoms with van der Waals surface area (Å²) >= 11 is 0. The van der Waals surface area contributed by atoms with Gasteiger partial charge in [-0.05, 0) is 57.9 Å². The minimum Gasteiger partial charge on any atom is -0.486 e. The number of rotatable bonds is 6. The fourth-order valence-corrected chi connectivity index (χ4v) is 4.76. The summed E-state index contributed by atoms with van der Waals surface area (Å²) in [5.41, 5.74) is 2.24. The van der Waals surface area contributed by atoms with Gasteiger partial charge in [0.25, 0.3) is 5.91 Å². The summed E-state index contributed by atoms with van der Waals surface area (Å²) in [5.74, 6) is 0.451. The minimum atomic E-state index is -0.916. The molecule has 5 rings (SSSR count). The Labute approximate surface area is 210 Å². The van der Waals surface area contributed by atoms with Crippen LogP contribution in [0.1, 0.15) is 69.3 Å². The van der Waals surface area contributed by atoms with Crippen LogP contribution >= 0.6 is 0 Å². The molecule has 3 heterocycles. The molecule has 0 spiro atoms. The van der Waals surface area contributed by atoms with Crippen LogP contribution in [0.4, 0.5) is 0 Å². The van der Waals surface area contributed by atoms with Gasteiger partial charge >= 0.3 is 5.97 Å². The lowest BCUT2D eigenvalue weighted by Crippen LogP contribution is -2.42. The van der Waals surface area contributed by atoms with E-state index in [-0.39, 0.29) is 18.0 Å². The maximum Gasteiger partial charge on any atom is 0.339 e. The molecule has 0 bridgehead atoms. The largest absolute Gasteiger partial charge is 0.486 e. The van der Waals surface area contributed by atoms with Crippen molar-refractivity contribution in [3.05, 3.63) is 36.0 Å². The molecule has 1 unspecified atom stereocenters. The number of carbonyl (C=O) groups excluding carboxylic acids is 2. The fourth-order valence-electron chi connectivity index (χ4n) is 4.76. The van der Waals surface area contributed by atoms with E-state index in [4.69, 9.17) is 19.2 Å². The number of benzene rings is 1. The molecule has 3 aromatic rings. The van der Waals surface area contributed by atoms with Crippen molar-refractivity contribution in [1.82, 2.24) is 20.1 Å². The van der Waals surface area contributed by atoms with Gasteiger partial charge in [0.15, 0.2) is 23.3 Å². The zero-order chi connectivity index (χ0) is 25.2. The molecule has 9 heteroatoms. The first-order chi connectivity index (χ1) is 17.4. The summed E-state index contributed by atoms with van der Waals surface area (Å²) in [6, 6.07) is 7.45. The highest BCUT2D eigenvalue weighted by atomic mass is 16.6. The zero-order valence-electron chi connectivity index (χ0n) is 21.0. The van der Waals surface area contributed by atoms with E-state index < -0.39 is 12.1 Å². The fraction of sp³-hybridized carbons (Fsp3) is 0.481. The second-order valence-corrected chi connectivity index (χ2v) is 9.72. The highest BCUT2D eigenvalue weighted by molar-refractivity contribution is 6.04. The Balaban J connectivity index is 1.45. The van der Waals surface area contributed by atoms with E-state index in [1.54, 1.807) is 23.9 Å². The van der Waals surface area contributed by atoms with E-state index in [0.717, 1.165) is 31.2 Å². The summed E-state index contributed by atoms with van der Waals surface area (Å²) in [6.07, 6.45) is 6.05. The lowest BCUT2D eigenvalue weighted by atomic mass is 9.95. The van der Waals surface area contributed by atoms with E-state index in [2.05, 4.69) is 10.4 Å². The Bertz CT molecular complexity index is 1280. The third-order valence-corrected chi connectivity index (χ3v) is 6.72. The summed E-state index contributed by atoms with van der Waals surface area (Å²) in [4.78, 5) is 30.9. The molecule has 2 aromatic heterocycles. The monoisotopic (exact) mass is 492 g/mol. The number of hydrogen-bond acceptors (Lipinski definition) is 7. The molecule has 1 N–H and O–H groups in total. The molecule has 1 fully saturated rings. The number of nitrogens with zero attached hydrogens (tertiary/aromatic N) is 3. The van der Waals surface area contributed by atoms with Crippen LogP contribution in [-0.2, 0) is 9.53 Å². The molecule has 0 radical (unpaired) electrons. The molecule has 36 heavy (non-hydrogen) atoms. The van der Waals surface area contributed by atoms with Gasteiger partial charge in [0.2, 0.25) is 0 Å². The second-order valence-electron chi connectivity index (χ2n) is 9.72. The van der Waals surface area contributed by atoms with E-state index in [1.165, 1.54) is 6.42 Å². The van der Waals surface area contributed by atoms with Crippen LogP contribution in [-0.4, -0.2) is 52.0 Å². The van der Waals surface area contributed by atoms with E-state index in [1.807, 2.05) is 32.0 Å². The van der Waals surface area contributed by atoms with Gasteiger partial charge in [-0.3, -0.25) is 4.79 Å². The lowest BCUT2D eigenvalue weighted by molar-refractivity contribution is -0.130. The number of pyridine rings is 1. The smallest absolute Gasteiger partial charge is 0.339 e. The number of esters is 1. The number of carbonyl (C=O) groups is 2. The average molecular weight is 493 g/mol. The topological polar surface area (TPSA) is 105 Å². The van der Waals surface area contributed by atoms with Crippen molar-refractivity contribution in [3.8, 4) is 22.8 Å². The van der Waals surface area contributed by atoms with Crippen LogP contribution in [0.15, 0.2) is 30.5 Å². The quantitative estimate of drug-likeness (QED) is 0.507. The molecule has 9 nitrogen and oxygen atoms in total. The predicted molar refractivity (Wildman–Crippen MR) is 134 cm³/mol. The van der Waals surface area contributed by atoms with Gasteiger partial charge in [-0.25, -0.2) is 14.5 Å². The molecule has 2 aliphatic rings. The van der Waals surface area contributed by atoms with Crippen LogP contribution in [0, 0.1) is 0 Å². The molecule has 0 saturated heterocycles. The molecule has 1 aliphatic carbocycles. The molecule has 1 saturated carbocycles. The van der Waals surface area contributed by atoms with Gasteiger partial charge in [-0.1, -0.05) is 19.3 Å². The van der Waals surface area contributed by atoms with Gasteiger partial charge in [-0.2, -0.15) is 5.10 Å². The first-order valence-corrected chi connectivity index (χ1v) is 12.7. The Kier molecular flexibility index (Phi) is 6.80. The van der Waals surface area contributed by atoms with Gasteiger partial charge in [0.1, 0.15) is 13.2 Å². The number of aromatic nitrogens is 3. The molecule has 1 atom stereocenters. The average Bonchev–Trinajstić information content (AvgIpc) is 3.33. The maximum atomic E-state index is 13.3. The van der Waals surface area contributed by atoms with E-state index >= 15 is 0 Å². The van der Waals surface area contributed by atoms with Crippen LogP contribution in [0.3, 0.4) is 0 Å². The van der Waals surface area contributed by atoms with Crippen molar-refractivity contribution in [3.63, 3.8) is 0 Å². The molecule has 1 amide bonds. The highest BCUT2D eigenvalue weighted by Gasteiger charge is 2.26. The van der Waals surface area contributed by atoms with Gasteiger partial charge in [0.05, 0.1) is 22.8 Å². The summed E-state index contributed by atoms with van der Waals surface area (Å²) in [7, 11) is 0. The van der Waals surface area contributed by atoms with Crippen molar-refractivity contribution < 1.29 is 23.8 Å². The summed E-state index contributed by atoms with van der Waals surface area (Å²) in [5, 5.41) is 8.06. The molecular weight excluding hydrogens is 460 g/mol. The van der Waals surface area contributed by atoms with Crippen molar-refractivity contribution in [2.45, 2.75) is 71.1 Å². The SMILES string of the molecule is CC(OC(=O)c1cc(-c2ccc3c(c2)OCCO3)nc2c1cnn2C(C)C)C(=O)NC1CCCCC1. The number of hydrogen-bond donors (Lipinski definition) is 1. The molecular formula is C27H32N4O5. The van der Waals surface area contributed by atoms with Crippen LogP contribution in [0.5, 0.6) is 11.5 Å². The first-order valence-electron chi connectivity index (χ1n) is 12.7. The third kappa shape index (κ3) is 4.87. The predicted octanol–water partition coefficient (Wildman–Crippen LogP) is 4.44. The van der Waals surface area contributed by atoms with Gasteiger partial charge in [0, 0.05) is 17.6 Å². The number of fused-ring (bicyclic) bond motifs is 2. The van der Waals surface area contributed by atoms with Gasteiger partial charge in [-0.15, -0.1) is 0 Å². The number of ether oxygens (including phenoxy) is 3. The zero-order valence-corrected chi connectivity index (χ0v) is 21.0.